The molecule has 0 saturated carbocycles. The highest BCUT2D eigenvalue weighted by molar-refractivity contribution is 6.00. The third kappa shape index (κ3) is 5.21. The summed E-state index contributed by atoms with van der Waals surface area (Å²) in [5, 5.41) is 4.96. The number of rotatable bonds is 4. The quantitative estimate of drug-likeness (QED) is 0.179. The van der Waals surface area contributed by atoms with Crippen LogP contribution in [0.2, 0.25) is 0 Å². The topological polar surface area (TPSA) is 3.24 Å². The summed E-state index contributed by atoms with van der Waals surface area (Å²) in [6, 6.07) is 59.5. The molecule has 2 aliphatic rings. The van der Waals surface area contributed by atoms with Crippen molar-refractivity contribution in [3.63, 3.8) is 0 Å². The lowest BCUT2D eigenvalue weighted by atomic mass is 9.71. The molecule has 0 radical (unpaired) electrons. The number of anilines is 3. The number of aryl methyl sites for hydroxylation is 2. The second kappa shape index (κ2) is 12.1. The van der Waals surface area contributed by atoms with Crippen LogP contribution in [0.3, 0.4) is 0 Å². The van der Waals surface area contributed by atoms with Gasteiger partial charge >= 0.3 is 0 Å². The molecule has 256 valence electrons. The Bertz CT molecular complexity index is 2720. The van der Waals surface area contributed by atoms with Crippen LogP contribution in [0.15, 0.2) is 158 Å². The van der Waals surface area contributed by atoms with E-state index in [0.717, 1.165) is 18.5 Å². The zero-order valence-electron chi connectivity index (χ0n) is 30.9. The molecular weight excluding hydrogens is 639 g/mol. The summed E-state index contributed by atoms with van der Waals surface area (Å²) in [6.07, 6.45) is 2.18. The van der Waals surface area contributed by atoms with Gasteiger partial charge in [0.25, 0.3) is 0 Å². The Balaban J connectivity index is 1.06. The largest absolute Gasteiger partial charge is 0.310 e. The van der Waals surface area contributed by atoms with E-state index in [4.69, 9.17) is 0 Å². The average molecular weight is 682 g/mol. The predicted molar refractivity (Wildman–Crippen MR) is 225 cm³/mol. The van der Waals surface area contributed by atoms with Crippen LogP contribution in [0, 0.1) is 13.8 Å². The first-order chi connectivity index (χ1) is 25.8. The van der Waals surface area contributed by atoms with E-state index in [0.29, 0.717) is 5.92 Å². The lowest BCUT2D eigenvalue weighted by Gasteiger charge is -2.33. The van der Waals surface area contributed by atoms with Crippen LogP contribution in [0.1, 0.15) is 58.7 Å². The van der Waals surface area contributed by atoms with E-state index in [1.54, 1.807) is 5.56 Å². The predicted octanol–water partition coefficient (Wildman–Crippen LogP) is 13.9. The van der Waals surface area contributed by atoms with Gasteiger partial charge in [0, 0.05) is 22.2 Å². The number of benzene rings is 8. The van der Waals surface area contributed by atoms with E-state index in [-0.39, 0.29) is 5.41 Å². The van der Waals surface area contributed by atoms with Crippen molar-refractivity contribution >= 4 is 38.6 Å². The summed E-state index contributed by atoms with van der Waals surface area (Å²) in [5.41, 5.74) is 18.8. The Morgan fingerprint density at radius 2 is 1.17 bits per heavy atom. The van der Waals surface area contributed by atoms with Crippen molar-refractivity contribution in [3.05, 3.63) is 197 Å². The molecule has 0 saturated heterocycles. The van der Waals surface area contributed by atoms with E-state index in [9.17, 15) is 0 Å². The molecule has 1 heteroatoms. The zero-order valence-corrected chi connectivity index (χ0v) is 30.9. The van der Waals surface area contributed by atoms with Crippen molar-refractivity contribution in [1.29, 1.82) is 0 Å². The summed E-state index contributed by atoms with van der Waals surface area (Å²) < 4.78 is 0. The molecule has 0 N–H and O–H groups in total. The summed E-state index contributed by atoms with van der Waals surface area (Å²) in [4.78, 5) is 2.43. The smallest absolute Gasteiger partial charge is 0.0540 e. The first-order valence-corrected chi connectivity index (χ1v) is 19.1. The maximum atomic E-state index is 2.46. The SMILES string of the molecule is Cc1cc(C)cc(N(c2ccc3cc(-c4ccc5c(c4)-c4cccc6c4C(C5)Cc4ccccc4C6(C)C)ccc3c2)c2cccc3ccccc23)c1. The first-order valence-electron chi connectivity index (χ1n) is 19.1. The second-order valence-electron chi connectivity index (χ2n) is 16.0. The third-order valence-electron chi connectivity index (χ3n) is 12.1. The minimum absolute atomic E-state index is 0.0373. The Hall–Kier alpha value is -5.92. The molecule has 1 atom stereocenters. The van der Waals surface area contributed by atoms with Crippen molar-refractivity contribution in [2.75, 3.05) is 4.90 Å². The average Bonchev–Trinajstić information content (AvgIpc) is 3.26. The molecule has 1 nitrogen and oxygen atoms in total. The maximum absolute atomic E-state index is 2.46. The fourth-order valence-corrected chi connectivity index (χ4v) is 9.69. The van der Waals surface area contributed by atoms with Gasteiger partial charge in [-0.3, -0.25) is 0 Å². The van der Waals surface area contributed by atoms with Gasteiger partial charge in [-0.15, -0.1) is 0 Å². The van der Waals surface area contributed by atoms with Gasteiger partial charge < -0.3 is 4.90 Å². The van der Waals surface area contributed by atoms with E-state index >= 15 is 0 Å². The highest BCUT2D eigenvalue weighted by atomic mass is 15.1. The van der Waals surface area contributed by atoms with E-state index in [1.165, 1.54) is 88.6 Å². The summed E-state index contributed by atoms with van der Waals surface area (Å²) in [5.74, 6) is 0.495. The molecule has 8 aromatic carbocycles. The molecule has 8 aromatic rings. The number of nitrogens with zero attached hydrogens (tertiary/aromatic N) is 1. The van der Waals surface area contributed by atoms with Crippen molar-refractivity contribution in [1.82, 2.24) is 0 Å². The molecule has 2 aliphatic carbocycles. The minimum atomic E-state index is -0.0373. The van der Waals surface area contributed by atoms with Gasteiger partial charge in [0.1, 0.15) is 0 Å². The lowest BCUT2D eigenvalue weighted by Crippen LogP contribution is -2.22. The zero-order chi connectivity index (χ0) is 35.8. The highest BCUT2D eigenvalue weighted by Crippen LogP contribution is 2.51. The van der Waals surface area contributed by atoms with Gasteiger partial charge in [-0.05, 0) is 152 Å². The van der Waals surface area contributed by atoms with Crippen molar-refractivity contribution in [3.8, 4) is 22.3 Å². The van der Waals surface area contributed by atoms with Crippen LogP contribution < -0.4 is 4.90 Å². The number of hydrogen-bond acceptors (Lipinski definition) is 1. The van der Waals surface area contributed by atoms with Crippen LogP contribution >= 0.6 is 0 Å². The third-order valence-corrected chi connectivity index (χ3v) is 12.1. The molecule has 0 aromatic heterocycles. The van der Waals surface area contributed by atoms with Crippen molar-refractivity contribution in [2.24, 2.45) is 0 Å². The summed E-state index contributed by atoms with van der Waals surface area (Å²) >= 11 is 0. The van der Waals surface area contributed by atoms with Gasteiger partial charge in [0.15, 0.2) is 0 Å². The Kier molecular flexibility index (Phi) is 7.24. The molecule has 53 heavy (non-hydrogen) atoms. The van der Waals surface area contributed by atoms with Gasteiger partial charge in [-0.1, -0.05) is 129 Å². The van der Waals surface area contributed by atoms with Crippen LogP contribution in [0.4, 0.5) is 17.1 Å². The first kappa shape index (κ1) is 31.8. The Labute approximate surface area is 313 Å². The van der Waals surface area contributed by atoms with Gasteiger partial charge in [-0.2, -0.15) is 0 Å². The Morgan fingerprint density at radius 1 is 0.491 bits per heavy atom. The molecule has 1 unspecified atom stereocenters. The molecule has 0 aliphatic heterocycles. The van der Waals surface area contributed by atoms with E-state index in [2.05, 4.69) is 190 Å². The van der Waals surface area contributed by atoms with Gasteiger partial charge in [-0.25, -0.2) is 0 Å². The molecular formula is C52H43N. The number of fused-ring (bicyclic) bond motifs is 5. The standard InChI is InChI=1S/C52H43N/c1-33-25-34(2)27-44(26-33)53(50-18-9-13-35-11-5-7-14-45(35)50)43-24-23-37-28-36(19-20-38(37)31-43)39-21-22-40-29-42-30-41-12-6-8-16-48(41)52(3,4)49-17-10-15-46(51(42)49)47(40)32-39/h5-28,31-32,42H,29-30H2,1-4H3. The molecule has 0 amide bonds. The fourth-order valence-electron chi connectivity index (χ4n) is 9.69. The Morgan fingerprint density at radius 3 is 2.06 bits per heavy atom. The maximum Gasteiger partial charge on any atom is 0.0540 e. The van der Waals surface area contributed by atoms with Crippen LogP contribution in [0.5, 0.6) is 0 Å². The highest BCUT2D eigenvalue weighted by Gasteiger charge is 2.37. The molecule has 0 heterocycles. The molecule has 0 fully saturated rings. The van der Waals surface area contributed by atoms with Crippen LogP contribution in [-0.4, -0.2) is 0 Å². The van der Waals surface area contributed by atoms with Gasteiger partial charge in [0.05, 0.1) is 5.69 Å². The lowest BCUT2D eigenvalue weighted by molar-refractivity contribution is 0.630. The summed E-state index contributed by atoms with van der Waals surface area (Å²) in [6.45, 7) is 9.21. The second-order valence-corrected chi connectivity index (χ2v) is 16.0. The van der Waals surface area contributed by atoms with Crippen molar-refractivity contribution in [2.45, 2.75) is 51.9 Å². The minimum Gasteiger partial charge on any atom is -0.310 e. The number of hydrogen-bond donors (Lipinski definition) is 0. The summed E-state index contributed by atoms with van der Waals surface area (Å²) in [7, 11) is 0. The van der Waals surface area contributed by atoms with E-state index < -0.39 is 0 Å². The molecule has 0 spiro atoms. The van der Waals surface area contributed by atoms with E-state index in [1.807, 2.05) is 0 Å². The molecule has 10 rings (SSSR count). The van der Waals surface area contributed by atoms with Crippen LogP contribution in [-0.2, 0) is 18.3 Å². The van der Waals surface area contributed by atoms with Crippen LogP contribution in [0.25, 0.3) is 43.8 Å². The van der Waals surface area contributed by atoms with Gasteiger partial charge in [0.2, 0.25) is 0 Å². The normalized spacial score (nSPS) is 15.4. The molecule has 0 bridgehead atoms. The fraction of sp³-hybridized carbons (Fsp3) is 0.154. The monoisotopic (exact) mass is 681 g/mol. The van der Waals surface area contributed by atoms with Crippen molar-refractivity contribution < 1.29 is 0 Å².